The molecule has 2 aromatic carbocycles. The molecule has 164 valence electrons. The first-order valence-electron chi connectivity index (χ1n) is 9.87. The molecule has 0 amide bonds. The lowest BCUT2D eigenvalue weighted by molar-refractivity contribution is 0.405. The second-order valence-electron chi connectivity index (χ2n) is 7.05. The summed E-state index contributed by atoms with van der Waals surface area (Å²) in [5.41, 5.74) is 1.06. The number of benzene rings is 2. The molecular formula is C23H17FN6O3. The third-order valence-corrected chi connectivity index (χ3v) is 5.01. The summed E-state index contributed by atoms with van der Waals surface area (Å²) < 4.78 is 24.6. The number of hydrogen-bond donors (Lipinski definition) is 1. The summed E-state index contributed by atoms with van der Waals surface area (Å²) >= 11 is 0. The van der Waals surface area contributed by atoms with E-state index < -0.39 is 11.2 Å². The second-order valence-corrected chi connectivity index (χ2v) is 7.05. The summed E-state index contributed by atoms with van der Waals surface area (Å²) in [6, 6.07) is 14.3. The fraction of sp³-hybridized carbons (Fsp3) is 0.0435. The summed E-state index contributed by atoms with van der Waals surface area (Å²) in [4.78, 5) is 13.0. The van der Waals surface area contributed by atoms with Crippen molar-refractivity contribution in [1.82, 2.24) is 29.3 Å². The first kappa shape index (κ1) is 20.2. The Morgan fingerprint density at radius 1 is 0.970 bits per heavy atom. The van der Waals surface area contributed by atoms with Gasteiger partial charge in [0.05, 0.1) is 36.6 Å². The Balaban J connectivity index is 1.66. The average molecular weight is 444 g/mol. The number of phenolic OH excluding ortho intramolecular Hbond substituents is 1. The van der Waals surface area contributed by atoms with Crippen molar-refractivity contribution < 1.29 is 14.2 Å². The fourth-order valence-corrected chi connectivity index (χ4v) is 3.46. The quantitative estimate of drug-likeness (QED) is 0.447. The van der Waals surface area contributed by atoms with Gasteiger partial charge < -0.3 is 9.84 Å². The zero-order chi connectivity index (χ0) is 22.9. The molecule has 0 aliphatic carbocycles. The molecule has 5 rings (SSSR count). The highest BCUT2D eigenvalue weighted by Crippen LogP contribution is 2.24. The lowest BCUT2D eigenvalue weighted by Gasteiger charge is -2.13. The Morgan fingerprint density at radius 3 is 2.58 bits per heavy atom. The predicted octanol–water partition coefficient (Wildman–Crippen LogP) is 3.12. The van der Waals surface area contributed by atoms with Crippen LogP contribution in [0, 0.1) is 5.82 Å². The van der Waals surface area contributed by atoms with Crippen molar-refractivity contribution in [3.8, 4) is 39.9 Å². The Morgan fingerprint density at radius 2 is 1.85 bits per heavy atom. The Bertz CT molecular complexity index is 1510. The minimum Gasteiger partial charge on any atom is -0.508 e. The molecule has 0 aliphatic heterocycles. The van der Waals surface area contributed by atoms with Gasteiger partial charge in [-0.3, -0.25) is 4.79 Å². The van der Waals surface area contributed by atoms with E-state index in [4.69, 9.17) is 4.74 Å². The number of methoxy groups -OCH3 is 1. The van der Waals surface area contributed by atoms with Crippen LogP contribution >= 0.6 is 0 Å². The molecule has 10 heteroatoms. The van der Waals surface area contributed by atoms with E-state index in [-0.39, 0.29) is 22.9 Å². The van der Waals surface area contributed by atoms with Crippen LogP contribution < -0.4 is 10.2 Å². The first-order valence-corrected chi connectivity index (χ1v) is 9.87. The Kier molecular flexibility index (Phi) is 4.94. The fourth-order valence-electron chi connectivity index (χ4n) is 3.46. The van der Waals surface area contributed by atoms with Gasteiger partial charge in [-0.1, -0.05) is 6.07 Å². The lowest BCUT2D eigenvalue weighted by atomic mass is 10.2. The number of halogens is 1. The highest BCUT2D eigenvalue weighted by atomic mass is 19.1. The number of nitrogens with zero attached hydrogens (tertiary/aromatic N) is 6. The largest absolute Gasteiger partial charge is 0.508 e. The lowest BCUT2D eigenvalue weighted by Crippen LogP contribution is -2.18. The van der Waals surface area contributed by atoms with Gasteiger partial charge in [-0.15, -0.1) is 0 Å². The molecule has 0 saturated heterocycles. The van der Waals surface area contributed by atoms with Gasteiger partial charge in [0, 0.05) is 24.5 Å². The summed E-state index contributed by atoms with van der Waals surface area (Å²) in [6.07, 6.45) is 6.13. The molecule has 0 aliphatic rings. The normalized spacial score (nSPS) is 11.0. The van der Waals surface area contributed by atoms with E-state index in [1.807, 2.05) is 0 Å². The smallest absolute Gasteiger partial charge is 0.251 e. The molecule has 3 heterocycles. The van der Waals surface area contributed by atoms with Gasteiger partial charge >= 0.3 is 0 Å². The highest BCUT2D eigenvalue weighted by molar-refractivity contribution is 5.59. The van der Waals surface area contributed by atoms with Crippen LogP contribution in [0.4, 0.5) is 4.39 Å². The molecule has 9 nitrogen and oxygen atoms in total. The molecule has 5 aromatic rings. The molecule has 0 saturated carbocycles. The van der Waals surface area contributed by atoms with Crippen LogP contribution in [0.2, 0.25) is 0 Å². The molecule has 1 N–H and O–H groups in total. The van der Waals surface area contributed by atoms with Crippen molar-refractivity contribution in [3.05, 3.63) is 95.4 Å². The number of ether oxygens (including phenoxy) is 1. The molecule has 0 fully saturated rings. The van der Waals surface area contributed by atoms with E-state index in [2.05, 4.69) is 15.3 Å². The maximum Gasteiger partial charge on any atom is 0.251 e. The molecule has 0 bridgehead atoms. The topological polar surface area (TPSA) is 100.0 Å². The van der Waals surface area contributed by atoms with Gasteiger partial charge in [0.25, 0.3) is 5.43 Å². The summed E-state index contributed by atoms with van der Waals surface area (Å²) in [7, 11) is 1.36. The Hall–Kier alpha value is -4.73. The van der Waals surface area contributed by atoms with Crippen molar-refractivity contribution in [2.75, 3.05) is 7.11 Å². The van der Waals surface area contributed by atoms with Crippen molar-refractivity contribution in [1.29, 1.82) is 0 Å². The SMILES string of the molecule is COc1cn(-c2ccc(-n3cccn3)cc2F)nc(-c2ccnn2-c2cccc(O)c2)c1=O. The van der Waals surface area contributed by atoms with E-state index in [1.165, 1.54) is 51.7 Å². The minimum absolute atomic E-state index is 0.00532. The van der Waals surface area contributed by atoms with Crippen molar-refractivity contribution in [3.63, 3.8) is 0 Å². The third-order valence-electron chi connectivity index (χ3n) is 5.01. The standard InChI is InChI=1S/C23H17FN6O3/c1-33-21-14-29(19-7-6-15(13-18(19)24)28-11-3-9-25-28)27-22(23(21)32)20-8-10-26-30(20)16-4-2-5-17(31)12-16/h2-14,31H,1H3. The van der Waals surface area contributed by atoms with Crippen LogP contribution in [-0.2, 0) is 0 Å². The molecule has 0 radical (unpaired) electrons. The highest BCUT2D eigenvalue weighted by Gasteiger charge is 2.19. The van der Waals surface area contributed by atoms with Gasteiger partial charge in [0.2, 0.25) is 0 Å². The first-order chi connectivity index (χ1) is 16.0. The van der Waals surface area contributed by atoms with E-state index in [0.717, 1.165) is 0 Å². The molecule has 33 heavy (non-hydrogen) atoms. The number of hydrogen-bond acceptors (Lipinski definition) is 6. The van der Waals surface area contributed by atoms with Crippen molar-refractivity contribution in [2.24, 2.45) is 0 Å². The van der Waals surface area contributed by atoms with Gasteiger partial charge in [-0.2, -0.15) is 15.3 Å². The number of phenols is 1. The van der Waals surface area contributed by atoms with Crippen LogP contribution in [0.1, 0.15) is 0 Å². The zero-order valence-corrected chi connectivity index (χ0v) is 17.3. The van der Waals surface area contributed by atoms with Crippen molar-refractivity contribution in [2.45, 2.75) is 0 Å². The third kappa shape index (κ3) is 3.63. The number of aromatic hydroxyl groups is 1. The van der Waals surface area contributed by atoms with Crippen LogP contribution in [0.15, 0.2) is 84.2 Å². The van der Waals surface area contributed by atoms with Crippen LogP contribution in [0.3, 0.4) is 0 Å². The minimum atomic E-state index is -0.561. The maximum atomic E-state index is 15.1. The van der Waals surface area contributed by atoms with Gasteiger partial charge in [-0.25, -0.2) is 18.4 Å². The predicted molar refractivity (Wildman–Crippen MR) is 118 cm³/mol. The summed E-state index contributed by atoms with van der Waals surface area (Å²) in [5.74, 6) is -0.530. The zero-order valence-electron chi connectivity index (χ0n) is 17.3. The molecule has 0 spiro atoms. The second kappa shape index (κ2) is 8.08. The van der Waals surface area contributed by atoms with Crippen molar-refractivity contribution >= 4 is 0 Å². The van der Waals surface area contributed by atoms with E-state index in [0.29, 0.717) is 17.1 Å². The van der Waals surface area contributed by atoms with Crippen LogP contribution in [0.25, 0.3) is 28.5 Å². The number of rotatable bonds is 5. The van der Waals surface area contributed by atoms with Gasteiger partial charge in [0.15, 0.2) is 17.3 Å². The van der Waals surface area contributed by atoms with E-state index in [1.54, 1.807) is 48.8 Å². The van der Waals surface area contributed by atoms with Crippen LogP contribution in [0.5, 0.6) is 11.5 Å². The average Bonchev–Trinajstić information content (AvgIpc) is 3.52. The molecular weight excluding hydrogens is 427 g/mol. The van der Waals surface area contributed by atoms with Gasteiger partial charge in [0.1, 0.15) is 11.4 Å². The van der Waals surface area contributed by atoms with E-state index in [9.17, 15) is 9.90 Å². The van der Waals surface area contributed by atoms with Gasteiger partial charge in [-0.05, 0) is 36.4 Å². The Labute approximate surface area is 186 Å². The molecule has 0 unspecified atom stereocenters. The van der Waals surface area contributed by atoms with Crippen LogP contribution in [-0.4, -0.2) is 41.6 Å². The summed E-state index contributed by atoms with van der Waals surface area (Å²) in [5, 5.41) is 22.6. The monoisotopic (exact) mass is 444 g/mol. The molecule has 0 atom stereocenters. The maximum absolute atomic E-state index is 15.1. The van der Waals surface area contributed by atoms with E-state index >= 15 is 4.39 Å². The summed E-state index contributed by atoms with van der Waals surface area (Å²) in [6.45, 7) is 0. The number of aromatic nitrogens is 6. The molecule has 3 aromatic heterocycles.